The first-order valence-corrected chi connectivity index (χ1v) is 11.1. The third-order valence-corrected chi connectivity index (χ3v) is 8.44. The number of para-hydroxylation sites is 2. The van der Waals surface area contributed by atoms with Crippen LogP contribution in [0.3, 0.4) is 0 Å². The molecule has 0 radical (unpaired) electrons. The minimum Gasteiger partial charge on any atom is -0.311 e. The summed E-state index contributed by atoms with van der Waals surface area (Å²) in [6.45, 7) is 7.10. The number of fused-ring (bicyclic) bond motifs is 2. The van der Waals surface area contributed by atoms with Gasteiger partial charge in [-0.1, -0.05) is 61.6 Å². The molecule has 0 amide bonds. The fraction of sp³-hybridized carbons (Fsp3) is 0.143. The van der Waals surface area contributed by atoms with Gasteiger partial charge in [-0.15, -0.1) is 0 Å². The molecule has 3 aromatic carbocycles. The number of rotatable bonds is 1. The molecule has 1 aliphatic heterocycles. The molecule has 1 aliphatic rings. The van der Waals surface area contributed by atoms with Crippen molar-refractivity contribution in [3.05, 3.63) is 78.4 Å². The number of aryl methyl sites for hydroxylation is 1. The maximum atomic E-state index is 2.46. The van der Waals surface area contributed by atoms with Crippen LogP contribution in [0.25, 0.3) is 0 Å². The van der Waals surface area contributed by atoms with Gasteiger partial charge in [-0.2, -0.15) is 0 Å². The highest BCUT2D eigenvalue weighted by molar-refractivity contribution is 7.02. The third-order valence-electron chi connectivity index (χ3n) is 4.90. The molecule has 1 nitrogen and oxygen atoms in total. The maximum absolute atomic E-state index is 2.46. The van der Waals surface area contributed by atoms with Crippen LogP contribution in [0.5, 0.6) is 0 Å². The molecule has 0 fully saturated rings. The van der Waals surface area contributed by atoms with Crippen molar-refractivity contribution in [3.63, 3.8) is 0 Å². The van der Waals surface area contributed by atoms with Crippen molar-refractivity contribution >= 4 is 35.5 Å². The summed E-state index contributed by atoms with van der Waals surface area (Å²) in [5.41, 5.74) is 5.24. The van der Waals surface area contributed by atoms with Crippen LogP contribution in [0.1, 0.15) is 5.56 Å². The van der Waals surface area contributed by atoms with E-state index in [0.29, 0.717) is 0 Å². The van der Waals surface area contributed by atoms with E-state index < -0.39 is 8.07 Å². The molecule has 0 N–H and O–H groups in total. The molecule has 0 atom stereocenters. The lowest BCUT2D eigenvalue weighted by atomic mass is 10.1. The van der Waals surface area contributed by atoms with E-state index in [9.17, 15) is 0 Å². The fourth-order valence-electron chi connectivity index (χ4n) is 3.68. The first-order valence-electron chi connectivity index (χ1n) is 8.15. The average molecular weight is 315 g/mol. The Morgan fingerprint density at radius 3 is 2.13 bits per heavy atom. The zero-order chi connectivity index (χ0) is 16.0. The van der Waals surface area contributed by atoms with Crippen LogP contribution in [0.4, 0.5) is 17.1 Å². The minimum atomic E-state index is -1.67. The van der Waals surface area contributed by atoms with Crippen LogP contribution in [0.15, 0.2) is 72.8 Å². The molecule has 0 unspecified atom stereocenters. The molecule has 0 aromatic heterocycles. The molecule has 0 saturated heterocycles. The lowest BCUT2D eigenvalue weighted by molar-refractivity contribution is 1.27. The van der Waals surface area contributed by atoms with Gasteiger partial charge in [-0.25, -0.2) is 0 Å². The van der Waals surface area contributed by atoms with E-state index >= 15 is 0 Å². The highest BCUT2D eigenvalue weighted by Crippen LogP contribution is 2.38. The molecule has 0 spiro atoms. The standard InChI is InChI=1S/C21H21NSi/c1-16-13-14-21-19(15-16)22(17-9-5-4-6-10-17)18-11-7-8-12-20(18)23(21,2)3/h4-15H,1-3H3. The Balaban J connectivity index is 2.06. The highest BCUT2D eigenvalue weighted by atomic mass is 28.3. The van der Waals surface area contributed by atoms with Gasteiger partial charge in [0, 0.05) is 17.1 Å². The third kappa shape index (κ3) is 2.13. The smallest absolute Gasteiger partial charge is 0.117 e. The van der Waals surface area contributed by atoms with Crippen LogP contribution in [0, 0.1) is 6.92 Å². The summed E-state index contributed by atoms with van der Waals surface area (Å²) in [5.74, 6) is 0. The van der Waals surface area contributed by atoms with E-state index in [2.05, 4.69) is 97.7 Å². The molecule has 23 heavy (non-hydrogen) atoms. The van der Waals surface area contributed by atoms with Crippen LogP contribution in [-0.2, 0) is 0 Å². The second-order valence-corrected chi connectivity index (χ2v) is 11.2. The van der Waals surface area contributed by atoms with Crippen molar-refractivity contribution in [2.75, 3.05) is 4.90 Å². The van der Waals surface area contributed by atoms with Gasteiger partial charge < -0.3 is 4.90 Å². The zero-order valence-corrected chi connectivity index (χ0v) is 14.9. The number of nitrogens with zero attached hydrogens (tertiary/aromatic N) is 1. The Bertz CT molecular complexity index is 868. The van der Waals surface area contributed by atoms with Crippen molar-refractivity contribution in [3.8, 4) is 0 Å². The van der Waals surface area contributed by atoms with Crippen molar-refractivity contribution in [2.45, 2.75) is 20.0 Å². The molecular formula is C21H21NSi. The summed E-state index contributed by atoms with van der Waals surface area (Å²) < 4.78 is 0. The zero-order valence-electron chi connectivity index (χ0n) is 13.9. The van der Waals surface area contributed by atoms with Crippen LogP contribution >= 0.6 is 0 Å². The van der Waals surface area contributed by atoms with E-state index in [1.165, 1.54) is 33.0 Å². The molecular weight excluding hydrogens is 294 g/mol. The lowest BCUT2D eigenvalue weighted by Crippen LogP contribution is -2.58. The largest absolute Gasteiger partial charge is 0.311 e. The Kier molecular flexibility index (Phi) is 3.17. The van der Waals surface area contributed by atoms with Gasteiger partial charge >= 0.3 is 0 Å². The Morgan fingerprint density at radius 1 is 0.696 bits per heavy atom. The van der Waals surface area contributed by atoms with Crippen LogP contribution in [0.2, 0.25) is 13.1 Å². The molecule has 0 saturated carbocycles. The van der Waals surface area contributed by atoms with Gasteiger partial charge in [0.1, 0.15) is 8.07 Å². The summed E-state index contributed by atoms with van der Waals surface area (Å²) in [4.78, 5) is 2.43. The summed E-state index contributed by atoms with van der Waals surface area (Å²) in [7, 11) is -1.67. The first-order chi connectivity index (χ1) is 11.1. The Morgan fingerprint density at radius 2 is 1.35 bits per heavy atom. The number of hydrogen-bond acceptors (Lipinski definition) is 1. The van der Waals surface area contributed by atoms with Gasteiger partial charge in [0.15, 0.2) is 0 Å². The second kappa shape index (κ2) is 5.10. The maximum Gasteiger partial charge on any atom is 0.117 e. The molecule has 0 bridgehead atoms. The number of anilines is 3. The van der Waals surface area contributed by atoms with E-state index in [4.69, 9.17) is 0 Å². The highest BCUT2D eigenvalue weighted by Gasteiger charge is 2.38. The van der Waals surface area contributed by atoms with Crippen molar-refractivity contribution in [2.24, 2.45) is 0 Å². The van der Waals surface area contributed by atoms with Gasteiger partial charge in [0.2, 0.25) is 0 Å². The molecule has 0 aliphatic carbocycles. The molecule has 1 heterocycles. The average Bonchev–Trinajstić information content (AvgIpc) is 2.56. The summed E-state index contributed by atoms with van der Waals surface area (Å²) in [6, 6.07) is 26.6. The van der Waals surface area contributed by atoms with Gasteiger partial charge in [-0.3, -0.25) is 0 Å². The summed E-state index contributed by atoms with van der Waals surface area (Å²) in [5, 5.41) is 3.03. The topological polar surface area (TPSA) is 3.24 Å². The fourth-order valence-corrected chi connectivity index (χ4v) is 6.65. The van der Waals surface area contributed by atoms with Crippen molar-refractivity contribution in [1.82, 2.24) is 0 Å². The van der Waals surface area contributed by atoms with Crippen molar-refractivity contribution in [1.29, 1.82) is 0 Å². The normalized spacial score (nSPS) is 15.0. The van der Waals surface area contributed by atoms with E-state index in [-0.39, 0.29) is 0 Å². The quantitative estimate of drug-likeness (QED) is 0.593. The van der Waals surface area contributed by atoms with Gasteiger partial charge in [0.05, 0.1) is 0 Å². The second-order valence-electron chi connectivity index (χ2n) is 6.83. The predicted molar refractivity (Wildman–Crippen MR) is 103 cm³/mol. The Hall–Kier alpha value is -2.32. The lowest BCUT2D eigenvalue weighted by Gasteiger charge is -2.41. The van der Waals surface area contributed by atoms with Crippen LogP contribution < -0.4 is 15.3 Å². The summed E-state index contributed by atoms with van der Waals surface area (Å²) >= 11 is 0. The SMILES string of the molecule is Cc1ccc2c(c1)N(c1ccccc1)c1ccccc1[Si]2(C)C. The number of benzene rings is 3. The van der Waals surface area contributed by atoms with Crippen LogP contribution in [-0.4, -0.2) is 8.07 Å². The summed E-state index contributed by atoms with van der Waals surface area (Å²) in [6.07, 6.45) is 0. The van der Waals surface area contributed by atoms with Crippen molar-refractivity contribution < 1.29 is 0 Å². The molecule has 114 valence electrons. The molecule has 4 rings (SSSR count). The first kappa shape index (κ1) is 14.3. The van der Waals surface area contributed by atoms with E-state index in [1.54, 1.807) is 0 Å². The van der Waals surface area contributed by atoms with Gasteiger partial charge in [-0.05, 0) is 47.1 Å². The molecule has 2 heteroatoms. The monoisotopic (exact) mass is 315 g/mol. The van der Waals surface area contributed by atoms with E-state index in [0.717, 1.165) is 0 Å². The van der Waals surface area contributed by atoms with E-state index in [1.807, 2.05) is 0 Å². The molecule has 3 aromatic rings. The minimum absolute atomic E-state index is 1.23. The number of hydrogen-bond donors (Lipinski definition) is 0. The predicted octanol–water partition coefficient (Wildman–Crippen LogP) is 4.60. The Labute approximate surface area is 139 Å². The van der Waals surface area contributed by atoms with Gasteiger partial charge in [0.25, 0.3) is 0 Å².